The second-order valence-electron chi connectivity index (χ2n) is 6.65. The van der Waals surface area contributed by atoms with E-state index >= 15 is 0 Å². The molecule has 6 nitrogen and oxygen atoms in total. The van der Waals surface area contributed by atoms with Gasteiger partial charge in [-0.05, 0) is 37.5 Å². The predicted molar refractivity (Wildman–Crippen MR) is 101 cm³/mol. The fourth-order valence-electron chi connectivity index (χ4n) is 2.97. The number of rotatable bonds is 4. The minimum Gasteiger partial charge on any atom is -0.302 e. The van der Waals surface area contributed by atoms with Crippen LogP contribution in [0.5, 0.6) is 0 Å². The maximum absolute atomic E-state index is 13.0. The number of carbonyl (C=O) groups excluding carboxylic acids is 1. The van der Waals surface area contributed by atoms with Crippen LogP contribution in [0.1, 0.15) is 29.0 Å². The first-order valence-electron chi connectivity index (χ1n) is 8.40. The number of nitrogens with zero attached hydrogens (tertiary/aromatic N) is 2. The molecule has 0 radical (unpaired) electrons. The van der Waals surface area contributed by atoms with Gasteiger partial charge in [-0.1, -0.05) is 17.7 Å². The summed E-state index contributed by atoms with van der Waals surface area (Å²) in [5.41, 5.74) is 1.54. The number of halogens is 1. The predicted octanol–water partition coefficient (Wildman–Crippen LogP) is 3.20. The number of benzene rings is 1. The van der Waals surface area contributed by atoms with Crippen molar-refractivity contribution in [1.82, 2.24) is 9.29 Å². The number of aromatic nitrogens is 1. The molecule has 1 fully saturated rings. The molecule has 1 N–H and O–H groups in total. The van der Waals surface area contributed by atoms with Crippen LogP contribution in [0.3, 0.4) is 0 Å². The largest absolute Gasteiger partial charge is 0.302 e. The third-order valence-electron chi connectivity index (χ3n) is 4.64. The number of hydrogen-bond acceptors (Lipinski definition) is 5. The van der Waals surface area contributed by atoms with Crippen LogP contribution >= 0.6 is 22.9 Å². The zero-order valence-electron chi connectivity index (χ0n) is 14.2. The molecule has 0 spiro atoms. The van der Waals surface area contributed by atoms with Crippen molar-refractivity contribution >= 4 is 44.0 Å². The molecular formula is C17H18ClN3O3S2. The maximum atomic E-state index is 13.0. The average Bonchev–Trinajstić information content (AvgIpc) is 3.37. The molecule has 1 aliphatic heterocycles. The van der Waals surface area contributed by atoms with Gasteiger partial charge in [0.05, 0.1) is 17.1 Å². The Kier molecular flexibility index (Phi) is 4.54. The molecule has 1 saturated carbocycles. The summed E-state index contributed by atoms with van der Waals surface area (Å²) >= 11 is 7.35. The van der Waals surface area contributed by atoms with Crippen molar-refractivity contribution in [2.45, 2.75) is 37.6 Å². The van der Waals surface area contributed by atoms with Crippen LogP contribution in [0.2, 0.25) is 5.02 Å². The highest BCUT2D eigenvalue weighted by Crippen LogP contribution is 2.34. The molecule has 0 bridgehead atoms. The number of carbonyl (C=O) groups is 1. The van der Waals surface area contributed by atoms with E-state index in [0.717, 1.165) is 23.4 Å². The van der Waals surface area contributed by atoms with Gasteiger partial charge in [0.2, 0.25) is 15.9 Å². The molecule has 138 valence electrons. The molecule has 2 aromatic rings. The third-order valence-corrected chi connectivity index (χ3v) is 7.86. The highest BCUT2D eigenvalue weighted by atomic mass is 35.5. The number of nitrogens with one attached hydrogen (secondary N) is 1. The molecule has 2 aliphatic rings. The minimum atomic E-state index is -3.63. The first-order chi connectivity index (χ1) is 12.3. The van der Waals surface area contributed by atoms with Gasteiger partial charge >= 0.3 is 0 Å². The van der Waals surface area contributed by atoms with Crippen molar-refractivity contribution < 1.29 is 13.2 Å². The highest BCUT2D eigenvalue weighted by Gasteiger charge is 2.33. The van der Waals surface area contributed by atoms with Crippen LogP contribution in [0.4, 0.5) is 5.13 Å². The van der Waals surface area contributed by atoms with Crippen molar-refractivity contribution in [3.05, 3.63) is 39.4 Å². The van der Waals surface area contributed by atoms with Crippen molar-refractivity contribution in [1.29, 1.82) is 0 Å². The molecule has 0 unspecified atom stereocenters. The van der Waals surface area contributed by atoms with Crippen LogP contribution in [-0.2, 0) is 27.8 Å². The molecule has 9 heteroatoms. The van der Waals surface area contributed by atoms with Gasteiger partial charge in [0.1, 0.15) is 0 Å². The van der Waals surface area contributed by atoms with E-state index in [1.165, 1.54) is 21.7 Å². The Balaban J connectivity index is 1.56. The Labute approximate surface area is 161 Å². The molecule has 1 aromatic heterocycles. The smallest absolute Gasteiger partial charge is 0.243 e. The first-order valence-corrected chi connectivity index (χ1v) is 11.0. The lowest BCUT2D eigenvalue weighted by molar-refractivity contribution is -0.117. The van der Waals surface area contributed by atoms with Gasteiger partial charge in [-0.3, -0.25) is 4.79 Å². The van der Waals surface area contributed by atoms with E-state index in [-0.39, 0.29) is 23.3 Å². The Morgan fingerprint density at radius 3 is 2.88 bits per heavy atom. The Bertz CT molecular complexity index is 983. The number of fused-ring (bicyclic) bond motifs is 1. The van der Waals surface area contributed by atoms with E-state index < -0.39 is 10.0 Å². The quantitative estimate of drug-likeness (QED) is 0.837. The lowest BCUT2D eigenvalue weighted by Crippen LogP contribution is -2.35. The summed E-state index contributed by atoms with van der Waals surface area (Å²) in [5, 5.41) is 3.80. The summed E-state index contributed by atoms with van der Waals surface area (Å²) < 4.78 is 27.5. The van der Waals surface area contributed by atoms with Crippen LogP contribution in [0.15, 0.2) is 23.1 Å². The number of amides is 1. The normalized spacial score (nSPS) is 17.8. The van der Waals surface area contributed by atoms with Gasteiger partial charge in [0.15, 0.2) is 5.13 Å². The molecule has 0 saturated heterocycles. The maximum Gasteiger partial charge on any atom is 0.243 e. The number of sulfonamides is 1. The second-order valence-corrected chi connectivity index (χ2v) is 10.1. The third kappa shape index (κ3) is 3.38. The summed E-state index contributed by atoms with van der Waals surface area (Å²) in [6, 6.07) is 4.89. The topological polar surface area (TPSA) is 79.4 Å². The van der Waals surface area contributed by atoms with Gasteiger partial charge in [0, 0.05) is 28.8 Å². The summed E-state index contributed by atoms with van der Waals surface area (Å²) in [6.45, 7) is 2.39. The first kappa shape index (κ1) is 17.9. The van der Waals surface area contributed by atoms with Crippen molar-refractivity contribution in [3.63, 3.8) is 0 Å². The van der Waals surface area contributed by atoms with Gasteiger partial charge in [0.25, 0.3) is 0 Å². The van der Waals surface area contributed by atoms with Crippen LogP contribution in [-0.4, -0.2) is 30.2 Å². The van der Waals surface area contributed by atoms with Crippen molar-refractivity contribution in [3.8, 4) is 0 Å². The molecule has 1 aliphatic carbocycles. The number of hydrogen-bond donors (Lipinski definition) is 1. The van der Waals surface area contributed by atoms with E-state index in [1.807, 2.05) is 0 Å². The number of anilines is 1. The van der Waals surface area contributed by atoms with E-state index in [1.54, 1.807) is 19.1 Å². The molecular weight excluding hydrogens is 394 g/mol. The Morgan fingerprint density at radius 2 is 2.15 bits per heavy atom. The minimum absolute atomic E-state index is 0.00938. The average molecular weight is 412 g/mol. The zero-order valence-corrected chi connectivity index (χ0v) is 16.5. The molecule has 1 aromatic carbocycles. The van der Waals surface area contributed by atoms with Crippen LogP contribution in [0.25, 0.3) is 0 Å². The molecule has 0 atom stereocenters. The lowest BCUT2D eigenvalue weighted by Gasteiger charge is -2.26. The van der Waals surface area contributed by atoms with Gasteiger partial charge in [-0.25, -0.2) is 13.4 Å². The molecule has 2 heterocycles. The second kappa shape index (κ2) is 6.60. The lowest BCUT2D eigenvalue weighted by atomic mass is 10.2. The summed E-state index contributed by atoms with van der Waals surface area (Å²) in [5.74, 6) is 0.119. The Morgan fingerprint density at radius 1 is 1.38 bits per heavy atom. The van der Waals surface area contributed by atoms with E-state index in [2.05, 4.69) is 10.3 Å². The van der Waals surface area contributed by atoms with Crippen LogP contribution in [0, 0.1) is 12.8 Å². The molecule has 1 amide bonds. The molecule has 4 rings (SSSR count). The number of aryl methyl sites for hydroxylation is 1. The van der Waals surface area contributed by atoms with Gasteiger partial charge in [-0.2, -0.15) is 4.31 Å². The van der Waals surface area contributed by atoms with E-state index in [9.17, 15) is 13.2 Å². The number of thiazole rings is 1. The van der Waals surface area contributed by atoms with E-state index in [4.69, 9.17) is 11.6 Å². The van der Waals surface area contributed by atoms with Crippen molar-refractivity contribution in [2.75, 3.05) is 11.9 Å². The van der Waals surface area contributed by atoms with Gasteiger partial charge in [-0.15, -0.1) is 11.3 Å². The fourth-order valence-corrected chi connectivity index (χ4v) is 5.98. The van der Waals surface area contributed by atoms with Crippen molar-refractivity contribution in [2.24, 2.45) is 5.92 Å². The fraction of sp³-hybridized carbons (Fsp3) is 0.412. The monoisotopic (exact) mass is 411 g/mol. The Hall–Kier alpha value is -1.48. The van der Waals surface area contributed by atoms with Crippen LogP contribution < -0.4 is 5.32 Å². The summed E-state index contributed by atoms with van der Waals surface area (Å²) in [6.07, 6.45) is 2.40. The van der Waals surface area contributed by atoms with Gasteiger partial charge < -0.3 is 5.32 Å². The standard InChI is InChI=1S/C17H18ClN3O3S2/c1-10-2-5-12(18)8-15(10)26(23,24)21-7-6-13-14(9-21)25-17(19-13)20-16(22)11-3-4-11/h2,5,8,11H,3-4,6-7,9H2,1H3,(H,19,20,22). The summed E-state index contributed by atoms with van der Waals surface area (Å²) in [4.78, 5) is 17.5. The molecule has 26 heavy (non-hydrogen) atoms. The van der Waals surface area contributed by atoms with E-state index in [0.29, 0.717) is 28.7 Å². The summed E-state index contributed by atoms with van der Waals surface area (Å²) in [7, 11) is -3.63. The SMILES string of the molecule is Cc1ccc(Cl)cc1S(=O)(=O)N1CCc2nc(NC(=O)C3CC3)sc2C1. The highest BCUT2D eigenvalue weighted by molar-refractivity contribution is 7.89. The zero-order chi connectivity index (χ0) is 18.5.